The number of aromatic amines is 1. The fourth-order valence-electron chi connectivity index (χ4n) is 3.23. The highest BCUT2D eigenvalue weighted by atomic mass is 32.1. The quantitative estimate of drug-likeness (QED) is 0.422. The average Bonchev–Trinajstić information content (AvgIpc) is 3.41. The molecule has 0 bridgehead atoms. The number of nitrogens with one attached hydrogen (secondary N) is 3. The molecule has 30 heavy (non-hydrogen) atoms. The Morgan fingerprint density at radius 2 is 1.87 bits per heavy atom. The Hall–Kier alpha value is -3.45. The van der Waals surface area contributed by atoms with Crippen molar-refractivity contribution in [3.63, 3.8) is 0 Å². The van der Waals surface area contributed by atoms with Crippen LogP contribution < -0.4 is 10.6 Å². The van der Waals surface area contributed by atoms with Crippen molar-refractivity contribution >= 4 is 34.1 Å². The van der Waals surface area contributed by atoms with Crippen molar-refractivity contribution in [2.24, 2.45) is 0 Å². The van der Waals surface area contributed by atoms with Crippen LogP contribution >= 0.6 is 11.3 Å². The Bertz CT molecular complexity index is 1160. The molecule has 1 unspecified atom stereocenters. The number of rotatable bonds is 7. The summed E-state index contributed by atoms with van der Waals surface area (Å²) in [5, 5.41) is 8.25. The van der Waals surface area contributed by atoms with Gasteiger partial charge in [0.2, 0.25) is 5.91 Å². The van der Waals surface area contributed by atoms with Crippen LogP contribution in [0.25, 0.3) is 10.9 Å². The summed E-state index contributed by atoms with van der Waals surface area (Å²) in [6, 6.07) is 18.5. The number of thiophene rings is 1. The van der Waals surface area contributed by atoms with Gasteiger partial charge >= 0.3 is 0 Å². The molecule has 4 rings (SSSR count). The molecule has 2 aromatic heterocycles. The van der Waals surface area contributed by atoms with Crippen molar-refractivity contribution in [3.05, 3.63) is 94.1 Å². The Balaban J connectivity index is 1.51. The number of amides is 2. The lowest BCUT2D eigenvalue weighted by atomic mass is 10.0. The summed E-state index contributed by atoms with van der Waals surface area (Å²) >= 11 is 1.56. The van der Waals surface area contributed by atoms with Crippen molar-refractivity contribution < 1.29 is 14.0 Å². The zero-order chi connectivity index (χ0) is 20.9. The summed E-state index contributed by atoms with van der Waals surface area (Å²) in [4.78, 5) is 29.7. The standard InChI is InChI=1S/C23H20FN3O2S/c24-17-8-9-19-16(12-17)13-21(26-19)23(29)27-20(11-15-5-2-1-3-6-15)22(28)25-14-18-7-4-10-30-18/h1-10,12-13,20,26H,11,14H2,(H,25,28)(H,27,29). The summed E-state index contributed by atoms with van der Waals surface area (Å²) in [5.74, 6) is -1.05. The first kappa shape index (κ1) is 19.8. The molecule has 0 aliphatic rings. The number of carbonyl (C=O) groups is 2. The minimum absolute atomic E-state index is 0.261. The van der Waals surface area contributed by atoms with Gasteiger partial charge in [-0.25, -0.2) is 4.39 Å². The van der Waals surface area contributed by atoms with E-state index >= 15 is 0 Å². The van der Waals surface area contributed by atoms with Crippen LogP contribution in [0.4, 0.5) is 4.39 Å². The van der Waals surface area contributed by atoms with Crippen LogP contribution in [-0.2, 0) is 17.8 Å². The summed E-state index contributed by atoms with van der Waals surface area (Å²) in [6.45, 7) is 0.406. The van der Waals surface area contributed by atoms with E-state index in [-0.39, 0.29) is 17.4 Å². The third-order valence-corrected chi connectivity index (χ3v) is 5.63. The van der Waals surface area contributed by atoms with Crippen LogP contribution in [0, 0.1) is 5.82 Å². The molecule has 0 aliphatic carbocycles. The maximum absolute atomic E-state index is 13.4. The summed E-state index contributed by atoms with van der Waals surface area (Å²) < 4.78 is 13.4. The van der Waals surface area contributed by atoms with E-state index in [1.54, 1.807) is 23.5 Å². The van der Waals surface area contributed by atoms with E-state index in [1.807, 2.05) is 47.8 Å². The molecule has 7 heteroatoms. The number of aromatic nitrogens is 1. The lowest BCUT2D eigenvalue weighted by Gasteiger charge is -2.18. The molecule has 0 radical (unpaired) electrons. The van der Waals surface area contributed by atoms with Crippen LogP contribution in [0.5, 0.6) is 0 Å². The smallest absolute Gasteiger partial charge is 0.268 e. The van der Waals surface area contributed by atoms with Gasteiger partial charge < -0.3 is 15.6 Å². The molecule has 5 nitrogen and oxygen atoms in total. The van der Waals surface area contributed by atoms with E-state index in [9.17, 15) is 14.0 Å². The number of hydrogen-bond acceptors (Lipinski definition) is 3. The fourth-order valence-corrected chi connectivity index (χ4v) is 3.88. The Kier molecular flexibility index (Phi) is 5.90. The zero-order valence-electron chi connectivity index (χ0n) is 16.0. The predicted molar refractivity (Wildman–Crippen MR) is 116 cm³/mol. The molecule has 0 aliphatic heterocycles. The van der Waals surface area contributed by atoms with Gasteiger partial charge in [0, 0.05) is 22.2 Å². The van der Waals surface area contributed by atoms with E-state index < -0.39 is 11.9 Å². The molecule has 3 N–H and O–H groups in total. The molecule has 0 spiro atoms. The largest absolute Gasteiger partial charge is 0.351 e. The first-order chi connectivity index (χ1) is 14.6. The Morgan fingerprint density at radius 1 is 1.03 bits per heavy atom. The van der Waals surface area contributed by atoms with E-state index in [0.717, 1.165) is 10.4 Å². The molecular formula is C23H20FN3O2S. The van der Waals surface area contributed by atoms with Crippen LogP contribution in [0.15, 0.2) is 72.1 Å². The van der Waals surface area contributed by atoms with Crippen molar-refractivity contribution in [3.8, 4) is 0 Å². The number of carbonyl (C=O) groups excluding carboxylic acids is 2. The minimum atomic E-state index is -0.747. The highest BCUT2D eigenvalue weighted by Gasteiger charge is 2.23. The maximum Gasteiger partial charge on any atom is 0.268 e. The van der Waals surface area contributed by atoms with Gasteiger partial charge in [-0.2, -0.15) is 0 Å². The summed E-state index contributed by atoms with van der Waals surface area (Å²) in [5.41, 5.74) is 1.87. The van der Waals surface area contributed by atoms with Crippen molar-refractivity contribution in [1.82, 2.24) is 15.6 Å². The van der Waals surface area contributed by atoms with Crippen LogP contribution in [0.2, 0.25) is 0 Å². The van der Waals surface area contributed by atoms with Crippen LogP contribution in [0.3, 0.4) is 0 Å². The first-order valence-corrected chi connectivity index (χ1v) is 10.4. The second-order valence-corrected chi connectivity index (χ2v) is 7.96. The predicted octanol–water partition coefficient (Wildman–Crippen LogP) is 4.03. The van der Waals surface area contributed by atoms with Crippen LogP contribution in [0.1, 0.15) is 20.9 Å². The van der Waals surface area contributed by atoms with Gasteiger partial charge in [0.25, 0.3) is 5.91 Å². The van der Waals surface area contributed by atoms with E-state index in [0.29, 0.717) is 23.9 Å². The molecular weight excluding hydrogens is 401 g/mol. The average molecular weight is 421 g/mol. The third-order valence-electron chi connectivity index (χ3n) is 4.75. The number of hydrogen-bond donors (Lipinski definition) is 3. The molecule has 152 valence electrons. The topological polar surface area (TPSA) is 74.0 Å². The maximum atomic E-state index is 13.4. The number of H-pyrrole nitrogens is 1. The lowest BCUT2D eigenvalue weighted by molar-refractivity contribution is -0.123. The van der Waals surface area contributed by atoms with Gasteiger partial charge in [0.05, 0.1) is 6.54 Å². The van der Waals surface area contributed by atoms with Gasteiger partial charge in [0.1, 0.15) is 17.6 Å². The Morgan fingerprint density at radius 3 is 2.63 bits per heavy atom. The molecule has 0 fully saturated rings. The van der Waals surface area contributed by atoms with Gasteiger partial charge in [-0.05, 0) is 41.3 Å². The van der Waals surface area contributed by atoms with E-state index in [4.69, 9.17) is 0 Å². The van der Waals surface area contributed by atoms with Gasteiger partial charge in [0.15, 0.2) is 0 Å². The SMILES string of the molecule is O=C(NC(Cc1ccccc1)C(=O)NCc1cccs1)c1cc2cc(F)ccc2[nH]1. The normalized spacial score (nSPS) is 11.9. The molecule has 0 saturated heterocycles. The molecule has 0 saturated carbocycles. The first-order valence-electron chi connectivity index (χ1n) is 9.51. The molecule has 2 aromatic carbocycles. The second-order valence-electron chi connectivity index (χ2n) is 6.93. The third kappa shape index (κ3) is 4.75. The number of fused-ring (bicyclic) bond motifs is 1. The molecule has 1 atom stereocenters. The van der Waals surface area contributed by atoms with E-state index in [1.165, 1.54) is 12.1 Å². The monoisotopic (exact) mass is 421 g/mol. The van der Waals surface area contributed by atoms with Crippen molar-refractivity contribution in [2.45, 2.75) is 19.0 Å². The molecule has 2 amide bonds. The number of halogens is 1. The minimum Gasteiger partial charge on any atom is -0.351 e. The van der Waals surface area contributed by atoms with E-state index in [2.05, 4.69) is 15.6 Å². The lowest BCUT2D eigenvalue weighted by Crippen LogP contribution is -2.47. The van der Waals surface area contributed by atoms with Crippen molar-refractivity contribution in [2.75, 3.05) is 0 Å². The van der Waals surface area contributed by atoms with Gasteiger partial charge in [-0.3, -0.25) is 9.59 Å². The molecule has 2 heterocycles. The highest BCUT2D eigenvalue weighted by Crippen LogP contribution is 2.17. The van der Waals surface area contributed by atoms with Gasteiger partial charge in [-0.15, -0.1) is 11.3 Å². The van der Waals surface area contributed by atoms with Crippen LogP contribution in [-0.4, -0.2) is 22.8 Å². The zero-order valence-corrected chi connectivity index (χ0v) is 16.8. The summed E-state index contributed by atoms with van der Waals surface area (Å²) in [6.07, 6.45) is 0.359. The summed E-state index contributed by atoms with van der Waals surface area (Å²) in [7, 11) is 0. The number of benzene rings is 2. The molecule has 4 aromatic rings. The fraction of sp³-hybridized carbons (Fsp3) is 0.130. The Labute approximate surface area is 176 Å². The van der Waals surface area contributed by atoms with Crippen molar-refractivity contribution in [1.29, 1.82) is 0 Å². The highest BCUT2D eigenvalue weighted by molar-refractivity contribution is 7.09. The second kappa shape index (κ2) is 8.92. The van der Waals surface area contributed by atoms with Gasteiger partial charge in [-0.1, -0.05) is 36.4 Å².